The Morgan fingerprint density at radius 2 is 1.72 bits per heavy atom. The third-order valence-electron chi connectivity index (χ3n) is 3.92. The molecular formula is C20H26ClNO3. The number of rotatable bonds is 10. The molecule has 0 bridgehead atoms. The lowest BCUT2D eigenvalue weighted by molar-refractivity contribution is 0.238. The first-order chi connectivity index (χ1) is 12.2. The molecule has 0 spiro atoms. The average molecular weight is 364 g/mol. The molecule has 0 aliphatic carbocycles. The molecule has 1 atom stereocenters. The van der Waals surface area contributed by atoms with E-state index in [2.05, 4.69) is 5.32 Å². The van der Waals surface area contributed by atoms with Crippen molar-refractivity contribution in [2.24, 2.45) is 0 Å². The lowest BCUT2D eigenvalue weighted by Crippen LogP contribution is -2.31. The van der Waals surface area contributed by atoms with Gasteiger partial charge >= 0.3 is 0 Å². The van der Waals surface area contributed by atoms with Crippen LogP contribution < -0.4 is 14.8 Å². The third kappa shape index (κ3) is 6.24. The van der Waals surface area contributed by atoms with Crippen LogP contribution in [0.3, 0.4) is 0 Å². The molecule has 2 aromatic rings. The van der Waals surface area contributed by atoms with Crippen LogP contribution in [-0.4, -0.2) is 24.4 Å². The van der Waals surface area contributed by atoms with Gasteiger partial charge in [-0.25, -0.2) is 0 Å². The van der Waals surface area contributed by atoms with E-state index in [1.807, 2.05) is 56.3 Å². The molecule has 136 valence electrons. The monoisotopic (exact) mass is 363 g/mol. The van der Waals surface area contributed by atoms with Crippen molar-refractivity contribution in [1.82, 2.24) is 5.32 Å². The van der Waals surface area contributed by atoms with Crippen molar-refractivity contribution in [1.29, 1.82) is 0 Å². The second kappa shape index (κ2) is 10.3. The summed E-state index contributed by atoms with van der Waals surface area (Å²) in [6, 6.07) is 13.6. The lowest BCUT2D eigenvalue weighted by Gasteiger charge is -2.16. The quantitative estimate of drug-likeness (QED) is 0.665. The van der Waals surface area contributed by atoms with Crippen LogP contribution in [0.4, 0.5) is 0 Å². The van der Waals surface area contributed by atoms with Crippen molar-refractivity contribution in [2.75, 3.05) is 13.2 Å². The number of hydrogen-bond acceptors (Lipinski definition) is 4. The second-order valence-corrected chi connectivity index (χ2v) is 6.23. The topological polar surface area (TPSA) is 50.7 Å². The Kier molecular flexibility index (Phi) is 8.06. The van der Waals surface area contributed by atoms with Crippen LogP contribution in [0.15, 0.2) is 42.5 Å². The maximum absolute atomic E-state index is 9.27. The van der Waals surface area contributed by atoms with Gasteiger partial charge in [0.1, 0.15) is 6.61 Å². The molecule has 0 aliphatic heterocycles. The summed E-state index contributed by atoms with van der Waals surface area (Å²) in [6.07, 6.45) is 0.886. The Hall–Kier alpha value is -1.75. The second-order valence-electron chi connectivity index (χ2n) is 5.80. The zero-order chi connectivity index (χ0) is 18.1. The van der Waals surface area contributed by atoms with Crippen molar-refractivity contribution in [2.45, 2.75) is 39.5 Å². The first-order valence-corrected chi connectivity index (χ1v) is 9.01. The highest BCUT2D eigenvalue weighted by molar-refractivity contribution is 6.30. The number of hydrogen-bond donors (Lipinski definition) is 2. The van der Waals surface area contributed by atoms with Gasteiger partial charge < -0.3 is 19.9 Å². The number of halogens is 1. The van der Waals surface area contributed by atoms with Crippen LogP contribution in [0, 0.1) is 0 Å². The van der Waals surface area contributed by atoms with Crippen molar-refractivity contribution < 1.29 is 14.6 Å². The van der Waals surface area contributed by atoms with Crippen molar-refractivity contribution in [3.8, 4) is 11.5 Å². The molecule has 0 saturated carbocycles. The van der Waals surface area contributed by atoms with Crippen LogP contribution >= 0.6 is 11.6 Å². The zero-order valence-corrected chi connectivity index (χ0v) is 15.6. The minimum Gasteiger partial charge on any atom is -0.490 e. The van der Waals surface area contributed by atoms with Gasteiger partial charge in [-0.15, -0.1) is 0 Å². The van der Waals surface area contributed by atoms with Gasteiger partial charge in [0.05, 0.1) is 13.2 Å². The standard InChI is InChI=1S/C20H26ClNO3/c1-3-18(13-23)22-12-16-7-10-19(20(11-16)24-4-2)25-14-15-5-8-17(21)9-6-15/h5-11,18,22-23H,3-4,12-14H2,1-2H3/t18-/m0/s1. The van der Waals surface area contributed by atoms with Gasteiger partial charge in [0.25, 0.3) is 0 Å². The Morgan fingerprint density at radius 1 is 1.00 bits per heavy atom. The number of nitrogens with one attached hydrogen (secondary N) is 1. The van der Waals surface area contributed by atoms with E-state index >= 15 is 0 Å². The van der Waals surface area contributed by atoms with Gasteiger partial charge in [0.15, 0.2) is 11.5 Å². The Balaban J connectivity index is 2.03. The number of benzene rings is 2. The zero-order valence-electron chi connectivity index (χ0n) is 14.8. The fourth-order valence-electron chi connectivity index (χ4n) is 2.39. The molecule has 0 aromatic heterocycles. The van der Waals surface area contributed by atoms with Gasteiger partial charge in [0.2, 0.25) is 0 Å². The van der Waals surface area contributed by atoms with Crippen molar-refractivity contribution in [3.05, 3.63) is 58.6 Å². The predicted octanol–water partition coefficient (Wildman–Crippen LogP) is 4.18. The maximum atomic E-state index is 9.27. The molecule has 4 nitrogen and oxygen atoms in total. The molecule has 0 aliphatic rings. The minimum absolute atomic E-state index is 0.108. The van der Waals surface area contributed by atoms with Crippen LogP contribution in [-0.2, 0) is 13.2 Å². The highest BCUT2D eigenvalue weighted by Crippen LogP contribution is 2.29. The van der Waals surface area contributed by atoms with Crippen LogP contribution in [0.5, 0.6) is 11.5 Å². The van der Waals surface area contributed by atoms with Gasteiger partial charge in [-0.3, -0.25) is 0 Å². The number of aliphatic hydroxyl groups excluding tert-OH is 1. The first-order valence-electron chi connectivity index (χ1n) is 8.63. The molecular weight excluding hydrogens is 338 g/mol. The average Bonchev–Trinajstić information content (AvgIpc) is 2.63. The molecule has 0 radical (unpaired) electrons. The van der Waals surface area contributed by atoms with Gasteiger partial charge in [-0.2, -0.15) is 0 Å². The maximum Gasteiger partial charge on any atom is 0.161 e. The summed E-state index contributed by atoms with van der Waals surface area (Å²) in [5.74, 6) is 1.45. The lowest BCUT2D eigenvalue weighted by atomic mass is 10.1. The SMILES string of the molecule is CCOc1cc(CN[C@@H](CC)CO)ccc1OCc1ccc(Cl)cc1. The molecule has 0 amide bonds. The normalized spacial score (nSPS) is 12.0. The van der Waals surface area contributed by atoms with E-state index in [1.54, 1.807) is 0 Å². The molecule has 2 rings (SSSR count). The van der Waals surface area contributed by atoms with E-state index in [0.29, 0.717) is 24.8 Å². The van der Waals surface area contributed by atoms with Crippen molar-refractivity contribution >= 4 is 11.6 Å². The molecule has 0 heterocycles. The van der Waals surface area contributed by atoms with Gasteiger partial charge in [0, 0.05) is 17.6 Å². The van der Waals surface area contributed by atoms with E-state index < -0.39 is 0 Å². The molecule has 0 fully saturated rings. The van der Waals surface area contributed by atoms with Crippen LogP contribution in [0.25, 0.3) is 0 Å². The highest BCUT2D eigenvalue weighted by atomic mass is 35.5. The molecule has 2 aromatic carbocycles. The smallest absolute Gasteiger partial charge is 0.161 e. The summed E-state index contributed by atoms with van der Waals surface area (Å²) in [4.78, 5) is 0. The largest absolute Gasteiger partial charge is 0.490 e. The molecule has 25 heavy (non-hydrogen) atoms. The van der Waals surface area contributed by atoms with Crippen LogP contribution in [0.1, 0.15) is 31.4 Å². The summed E-state index contributed by atoms with van der Waals surface area (Å²) >= 11 is 5.90. The van der Waals surface area contributed by atoms with E-state index in [-0.39, 0.29) is 12.6 Å². The molecule has 0 unspecified atom stereocenters. The Bertz CT molecular complexity index is 642. The fraction of sp³-hybridized carbons (Fsp3) is 0.400. The molecule has 5 heteroatoms. The summed E-state index contributed by atoms with van der Waals surface area (Å²) in [6.45, 7) is 5.84. The summed E-state index contributed by atoms with van der Waals surface area (Å²) < 4.78 is 11.6. The van der Waals surface area contributed by atoms with Crippen molar-refractivity contribution in [3.63, 3.8) is 0 Å². The number of ether oxygens (including phenoxy) is 2. The highest BCUT2D eigenvalue weighted by Gasteiger charge is 2.09. The molecule has 2 N–H and O–H groups in total. The van der Waals surface area contributed by atoms with Gasteiger partial charge in [-0.05, 0) is 48.7 Å². The fourth-order valence-corrected chi connectivity index (χ4v) is 2.52. The third-order valence-corrected chi connectivity index (χ3v) is 4.18. The summed E-state index contributed by atoms with van der Waals surface area (Å²) in [5, 5.41) is 13.3. The minimum atomic E-state index is 0.108. The molecule has 0 saturated heterocycles. The first kappa shape index (κ1) is 19.6. The van der Waals surface area contributed by atoms with E-state index in [0.717, 1.165) is 29.0 Å². The number of aliphatic hydroxyl groups is 1. The summed E-state index contributed by atoms with van der Waals surface area (Å²) in [7, 11) is 0. The van der Waals surface area contributed by atoms with Gasteiger partial charge in [-0.1, -0.05) is 36.7 Å². The van der Waals surface area contributed by atoms with E-state index in [4.69, 9.17) is 21.1 Å². The predicted molar refractivity (Wildman–Crippen MR) is 101 cm³/mol. The summed E-state index contributed by atoms with van der Waals surface area (Å²) in [5.41, 5.74) is 2.14. The van der Waals surface area contributed by atoms with E-state index in [1.165, 1.54) is 0 Å². The Morgan fingerprint density at radius 3 is 2.36 bits per heavy atom. The van der Waals surface area contributed by atoms with E-state index in [9.17, 15) is 5.11 Å². The Labute approximate surface area is 154 Å². The van der Waals surface area contributed by atoms with Crippen LogP contribution in [0.2, 0.25) is 5.02 Å².